The minimum Gasteiger partial charge on any atom is -0.333 e. The molecule has 0 spiro atoms. The smallest absolute Gasteiger partial charge is 0.333 e. The second-order valence-corrected chi connectivity index (χ2v) is 5.24. The number of carbonyl (C=O) groups is 1. The predicted molar refractivity (Wildman–Crippen MR) is 80.2 cm³/mol. The van der Waals surface area contributed by atoms with Gasteiger partial charge in [-0.15, -0.1) is 0 Å². The molecule has 0 saturated carbocycles. The number of H-pyrrole nitrogens is 2. The summed E-state index contributed by atoms with van der Waals surface area (Å²) in [6.45, 7) is 1.16. The van der Waals surface area contributed by atoms with Crippen LogP contribution in [0.5, 0.6) is 0 Å². The van der Waals surface area contributed by atoms with E-state index in [-0.39, 0.29) is 22.9 Å². The molecule has 6 nitrogen and oxygen atoms in total. The molecule has 3 N–H and O–H groups in total. The van der Waals surface area contributed by atoms with Crippen LogP contribution in [0.15, 0.2) is 24.4 Å². The van der Waals surface area contributed by atoms with Gasteiger partial charge in [0.1, 0.15) is 22.9 Å². The molecule has 0 bridgehead atoms. The molecule has 26 heavy (non-hydrogen) atoms. The van der Waals surface area contributed by atoms with Gasteiger partial charge in [-0.2, -0.15) is 18.3 Å². The number of halogens is 5. The highest BCUT2D eigenvalue weighted by Crippen LogP contribution is 2.33. The molecule has 0 saturated heterocycles. The zero-order valence-electron chi connectivity index (χ0n) is 13.0. The molecule has 0 unspecified atom stereocenters. The van der Waals surface area contributed by atoms with Crippen molar-refractivity contribution < 1.29 is 26.7 Å². The molecule has 11 heteroatoms. The highest BCUT2D eigenvalue weighted by Gasteiger charge is 2.36. The average Bonchev–Trinajstić information content (AvgIpc) is 3.12. The van der Waals surface area contributed by atoms with Gasteiger partial charge in [0, 0.05) is 6.20 Å². The van der Waals surface area contributed by atoms with Crippen molar-refractivity contribution in [2.24, 2.45) is 0 Å². The number of aryl methyl sites for hydroxylation is 1. The van der Waals surface area contributed by atoms with Crippen LogP contribution < -0.4 is 5.32 Å². The third-order valence-corrected chi connectivity index (χ3v) is 3.47. The number of anilines is 1. The summed E-state index contributed by atoms with van der Waals surface area (Å²) in [7, 11) is 0. The summed E-state index contributed by atoms with van der Waals surface area (Å²) in [5, 5.41) is 8.28. The van der Waals surface area contributed by atoms with Crippen molar-refractivity contribution in [3.05, 3.63) is 53.0 Å². The quantitative estimate of drug-likeness (QED) is 0.614. The van der Waals surface area contributed by atoms with E-state index in [1.807, 2.05) is 0 Å². The summed E-state index contributed by atoms with van der Waals surface area (Å²) in [4.78, 5) is 17.9. The lowest BCUT2D eigenvalue weighted by atomic mass is 10.2. The van der Waals surface area contributed by atoms with Crippen molar-refractivity contribution in [1.82, 2.24) is 20.2 Å². The van der Waals surface area contributed by atoms with Crippen LogP contribution in [0.1, 0.15) is 21.7 Å². The zero-order valence-corrected chi connectivity index (χ0v) is 13.0. The maximum Gasteiger partial charge on any atom is 0.433 e. The van der Waals surface area contributed by atoms with Gasteiger partial charge >= 0.3 is 6.18 Å². The lowest BCUT2D eigenvalue weighted by Gasteiger charge is -2.06. The number of nitrogens with zero attached hydrogens (tertiary/aromatic N) is 2. The van der Waals surface area contributed by atoms with Crippen molar-refractivity contribution in [1.29, 1.82) is 0 Å². The Kier molecular flexibility index (Phi) is 4.22. The Morgan fingerprint density at radius 2 is 1.85 bits per heavy atom. The zero-order chi connectivity index (χ0) is 19.1. The fraction of sp³-hybridized carbons (Fsp3) is 0.133. The molecule has 136 valence electrons. The predicted octanol–water partition coefficient (Wildman–Crippen LogP) is 3.66. The molecule has 3 aromatic rings. The second-order valence-electron chi connectivity index (χ2n) is 5.24. The van der Waals surface area contributed by atoms with Crippen LogP contribution in [0.25, 0.3) is 11.5 Å². The normalized spacial score (nSPS) is 11.6. The monoisotopic (exact) mass is 371 g/mol. The number of aromatic nitrogens is 4. The van der Waals surface area contributed by atoms with Crippen LogP contribution in [-0.2, 0) is 6.18 Å². The van der Waals surface area contributed by atoms with Gasteiger partial charge in [0.2, 0.25) is 0 Å². The van der Waals surface area contributed by atoms with Crippen LogP contribution >= 0.6 is 0 Å². The molecule has 0 atom stereocenters. The largest absolute Gasteiger partial charge is 0.433 e. The van der Waals surface area contributed by atoms with Crippen molar-refractivity contribution in [2.45, 2.75) is 13.1 Å². The summed E-state index contributed by atoms with van der Waals surface area (Å²) in [6, 6.07) is 2.90. The van der Waals surface area contributed by atoms with Crippen LogP contribution in [-0.4, -0.2) is 26.1 Å². The molecular formula is C15H10F5N5O. The van der Waals surface area contributed by atoms with Gasteiger partial charge in [0.05, 0.1) is 11.4 Å². The summed E-state index contributed by atoms with van der Waals surface area (Å²) in [5.41, 5.74) is -2.44. The standard InChI is InChI=1S/C15H10F5N5O/c1-6-12(15(18,19)20)24-13(22-6)11-9(5-21-25-11)23-14(26)10-7(16)3-2-4-8(10)17/h2-5H,1H3,(H,21,25)(H,22,24)(H,23,26). The first-order valence-corrected chi connectivity index (χ1v) is 7.11. The third-order valence-electron chi connectivity index (χ3n) is 3.47. The van der Waals surface area contributed by atoms with Crippen molar-refractivity contribution >= 4 is 11.6 Å². The van der Waals surface area contributed by atoms with Crippen LogP contribution in [0, 0.1) is 18.6 Å². The van der Waals surface area contributed by atoms with Gasteiger partial charge in [-0.3, -0.25) is 9.89 Å². The van der Waals surface area contributed by atoms with Crippen LogP contribution in [0.3, 0.4) is 0 Å². The number of alkyl halides is 3. The van der Waals surface area contributed by atoms with E-state index in [1.54, 1.807) is 0 Å². The van der Waals surface area contributed by atoms with Gasteiger partial charge in [0.15, 0.2) is 11.5 Å². The van der Waals surface area contributed by atoms with E-state index in [0.29, 0.717) is 0 Å². The second kappa shape index (κ2) is 6.24. The molecular weight excluding hydrogens is 361 g/mol. The minimum absolute atomic E-state index is 0.0971. The van der Waals surface area contributed by atoms with E-state index in [1.165, 1.54) is 0 Å². The Bertz CT molecular complexity index is 955. The van der Waals surface area contributed by atoms with Crippen LogP contribution in [0.2, 0.25) is 0 Å². The van der Waals surface area contributed by atoms with Crippen molar-refractivity contribution in [3.8, 4) is 11.5 Å². The molecule has 1 aromatic carbocycles. The van der Waals surface area contributed by atoms with Gasteiger partial charge in [-0.05, 0) is 19.1 Å². The fourth-order valence-electron chi connectivity index (χ4n) is 2.31. The maximum absolute atomic E-state index is 13.7. The van der Waals surface area contributed by atoms with E-state index < -0.39 is 35.0 Å². The summed E-state index contributed by atoms with van der Waals surface area (Å²) >= 11 is 0. The number of hydrogen-bond donors (Lipinski definition) is 3. The first-order chi connectivity index (χ1) is 12.2. The van der Waals surface area contributed by atoms with E-state index in [9.17, 15) is 26.7 Å². The molecule has 2 heterocycles. The lowest BCUT2D eigenvalue weighted by Crippen LogP contribution is -2.16. The van der Waals surface area contributed by atoms with E-state index >= 15 is 0 Å². The molecule has 1 amide bonds. The van der Waals surface area contributed by atoms with Gasteiger partial charge in [0.25, 0.3) is 5.91 Å². The SMILES string of the molecule is Cc1nc(-c2n[nH]cc2NC(=O)c2c(F)cccc2F)[nH]c1C(F)(F)F. The Balaban J connectivity index is 1.94. The Morgan fingerprint density at radius 1 is 1.19 bits per heavy atom. The first-order valence-electron chi connectivity index (χ1n) is 7.11. The molecule has 2 aromatic heterocycles. The van der Waals surface area contributed by atoms with E-state index in [4.69, 9.17) is 0 Å². The highest BCUT2D eigenvalue weighted by molar-refractivity contribution is 6.06. The molecule has 0 radical (unpaired) electrons. The number of imidazole rings is 1. The number of carbonyl (C=O) groups excluding carboxylic acids is 1. The van der Waals surface area contributed by atoms with Crippen molar-refractivity contribution in [2.75, 3.05) is 5.32 Å². The molecule has 0 aliphatic carbocycles. The Labute approximate surface area is 142 Å². The lowest BCUT2D eigenvalue weighted by molar-refractivity contribution is -0.141. The van der Waals surface area contributed by atoms with E-state index in [0.717, 1.165) is 31.3 Å². The summed E-state index contributed by atoms with van der Waals surface area (Å²) < 4.78 is 66.0. The Morgan fingerprint density at radius 3 is 2.42 bits per heavy atom. The Hall–Kier alpha value is -3.24. The molecule has 0 aliphatic rings. The topological polar surface area (TPSA) is 86.5 Å². The van der Waals surface area contributed by atoms with Gasteiger partial charge in [-0.1, -0.05) is 6.07 Å². The number of aromatic amines is 2. The minimum atomic E-state index is -4.65. The molecule has 0 aliphatic heterocycles. The first kappa shape index (κ1) is 17.6. The highest BCUT2D eigenvalue weighted by atomic mass is 19.4. The number of amides is 1. The van der Waals surface area contributed by atoms with Crippen LogP contribution in [0.4, 0.5) is 27.6 Å². The van der Waals surface area contributed by atoms with Gasteiger partial charge in [-0.25, -0.2) is 13.8 Å². The van der Waals surface area contributed by atoms with Gasteiger partial charge < -0.3 is 10.3 Å². The molecule has 3 rings (SSSR count). The average molecular weight is 371 g/mol. The van der Waals surface area contributed by atoms with E-state index in [2.05, 4.69) is 25.5 Å². The number of rotatable bonds is 3. The summed E-state index contributed by atoms with van der Waals surface area (Å²) in [6.07, 6.45) is -3.50. The number of benzene rings is 1. The molecule has 0 fully saturated rings. The third kappa shape index (κ3) is 3.15. The van der Waals surface area contributed by atoms with Crippen molar-refractivity contribution in [3.63, 3.8) is 0 Å². The number of nitrogens with one attached hydrogen (secondary N) is 3. The number of hydrogen-bond acceptors (Lipinski definition) is 3. The maximum atomic E-state index is 13.7. The fourth-order valence-corrected chi connectivity index (χ4v) is 2.31. The summed E-state index contributed by atoms with van der Waals surface area (Å²) in [5.74, 6) is -3.55.